The number of nitrogens with one attached hydrogen (secondary N) is 1. The molecule has 1 fully saturated rings. The number of nitrogens with zero attached hydrogens (tertiary/aromatic N) is 2. The highest BCUT2D eigenvalue weighted by atomic mass is 16.3. The number of aliphatic hydroxyl groups excluding tert-OH is 1. The first-order valence-electron chi connectivity index (χ1n) is 5.88. The lowest BCUT2D eigenvalue weighted by Crippen LogP contribution is -2.27. The van der Waals surface area contributed by atoms with Gasteiger partial charge in [0.15, 0.2) is 0 Å². The highest BCUT2D eigenvalue weighted by molar-refractivity contribution is 5.37. The standard InChI is InChI=1S/C12H19N3O/c1-8-6-12(14-9(2)13-8)15-11-5-3-4-10(11)7-16/h6,10-11,16H,3-5,7H2,1-2H3,(H,13,14,15). The molecule has 0 radical (unpaired) electrons. The van der Waals surface area contributed by atoms with Crippen molar-refractivity contribution in [3.8, 4) is 0 Å². The third-order valence-corrected chi connectivity index (χ3v) is 3.19. The van der Waals surface area contributed by atoms with Crippen LogP contribution in [0.5, 0.6) is 0 Å². The maximum absolute atomic E-state index is 9.25. The molecule has 1 aliphatic rings. The molecule has 1 saturated carbocycles. The second-order valence-corrected chi connectivity index (χ2v) is 4.57. The molecular formula is C12H19N3O. The highest BCUT2D eigenvalue weighted by Gasteiger charge is 2.26. The van der Waals surface area contributed by atoms with Crippen molar-refractivity contribution >= 4 is 5.82 Å². The van der Waals surface area contributed by atoms with Crippen LogP contribution in [-0.2, 0) is 0 Å². The fourth-order valence-corrected chi connectivity index (χ4v) is 2.43. The van der Waals surface area contributed by atoms with Gasteiger partial charge in [0.1, 0.15) is 11.6 Å². The third-order valence-electron chi connectivity index (χ3n) is 3.19. The summed E-state index contributed by atoms with van der Waals surface area (Å²) in [5, 5.41) is 12.7. The Morgan fingerprint density at radius 3 is 2.88 bits per heavy atom. The summed E-state index contributed by atoms with van der Waals surface area (Å²) in [4.78, 5) is 8.61. The molecule has 0 aliphatic heterocycles. The van der Waals surface area contributed by atoms with Crippen LogP contribution in [0, 0.1) is 19.8 Å². The van der Waals surface area contributed by atoms with Crippen LogP contribution in [0.2, 0.25) is 0 Å². The van der Waals surface area contributed by atoms with Crippen LogP contribution in [0.15, 0.2) is 6.07 Å². The first kappa shape index (κ1) is 11.3. The predicted molar refractivity (Wildman–Crippen MR) is 63.3 cm³/mol. The number of hydrogen-bond donors (Lipinski definition) is 2. The van der Waals surface area contributed by atoms with E-state index in [4.69, 9.17) is 0 Å². The molecule has 2 N–H and O–H groups in total. The second kappa shape index (κ2) is 4.78. The minimum Gasteiger partial charge on any atom is -0.396 e. The van der Waals surface area contributed by atoms with Gasteiger partial charge in [-0.3, -0.25) is 0 Å². The topological polar surface area (TPSA) is 58.0 Å². The summed E-state index contributed by atoms with van der Waals surface area (Å²) in [6.45, 7) is 4.13. The van der Waals surface area contributed by atoms with E-state index in [9.17, 15) is 5.11 Å². The van der Waals surface area contributed by atoms with Gasteiger partial charge in [-0.05, 0) is 26.7 Å². The maximum atomic E-state index is 9.25. The Balaban J connectivity index is 2.08. The van der Waals surface area contributed by atoms with Crippen LogP contribution in [0.3, 0.4) is 0 Å². The Labute approximate surface area is 96.1 Å². The smallest absolute Gasteiger partial charge is 0.130 e. The van der Waals surface area contributed by atoms with E-state index in [2.05, 4.69) is 15.3 Å². The number of anilines is 1. The Morgan fingerprint density at radius 2 is 2.19 bits per heavy atom. The van der Waals surface area contributed by atoms with E-state index >= 15 is 0 Å². The number of aryl methyl sites for hydroxylation is 2. The van der Waals surface area contributed by atoms with E-state index in [-0.39, 0.29) is 6.61 Å². The SMILES string of the molecule is Cc1cc(NC2CCCC2CO)nc(C)n1. The summed E-state index contributed by atoms with van der Waals surface area (Å²) in [6, 6.07) is 2.32. The fourth-order valence-electron chi connectivity index (χ4n) is 2.43. The van der Waals surface area contributed by atoms with Crippen molar-refractivity contribution in [1.82, 2.24) is 9.97 Å². The molecule has 0 saturated heterocycles. The van der Waals surface area contributed by atoms with Crippen LogP contribution in [0.1, 0.15) is 30.8 Å². The van der Waals surface area contributed by atoms with Crippen LogP contribution >= 0.6 is 0 Å². The number of aliphatic hydroxyl groups is 1. The molecule has 0 bridgehead atoms. The highest BCUT2D eigenvalue weighted by Crippen LogP contribution is 2.27. The second-order valence-electron chi connectivity index (χ2n) is 4.57. The number of hydrogen-bond acceptors (Lipinski definition) is 4. The minimum absolute atomic E-state index is 0.265. The molecule has 1 aromatic rings. The van der Waals surface area contributed by atoms with Gasteiger partial charge in [-0.25, -0.2) is 9.97 Å². The molecule has 1 aromatic heterocycles. The van der Waals surface area contributed by atoms with Crippen LogP contribution in [0.25, 0.3) is 0 Å². The van der Waals surface area contributed by atoms with Crippen molar-refractivity contribution in [1.29, 1.82) is 0 Å². The van der Waals surface area contributed by atoms with E-state index in [1.165, 1.54) is 6.42 Å². The van der Waals surface area contributed by atoms with Crippen molar-refractivity contribution in [3.05, 3.63) is 17.6 Å². The van der Waals surface area contributed by atoms with E-state index in [0.29, 0.717) is 12.0 Å². The summed E-state index contributed by atoms with van der Waals surface area (Å²) < 4.78 is 0. The Hall–Kier alpha value is -1.16. The molecule has 16 heavy (non-hydrogen) atoms. The molecule has 4 nitrogen and oxygen atoms in total. The lowest BCUT2D eigenvalue weighted by Gasteiger charge is -2.19. The molecule has 1 aliphatic carbocycles. The van der Waals surface area contributed by atoms with E-state index in [0.717, 1.165) is 30.2 Å². The summed E-state index contributed by atoms with van der Waals surface area (Å²) in [5.74, 6) is 2.05. The number of aromatic nitrogens is 2. The molecule has 1 heterocycles. The first-order valence-corrected chi connectivity index (χ1v) is 5.88. The number of rotatable bonds is 3. The molecule has 88 valence electrons. The average molecular weight is 221 g/mol. The molecule has 2 unspecified atom stereocenters. The van der Waals surface area contributed by atoms with Crippen LogP contribution in [-0.4, -0.2) is 27.7 Å². The van der Waals surface area contributed by atoms with Gasteiger partial charge in [-0.1, -0.05) is 6.42 Å². The Morgan fingerprint density at radius 1 is 1.38 bits per heavy atom. The van der Waals surface area contributed by atoms with Gasteiger partial charge in [0.2, 0.25) is 0 Å². The van der Waals surface area contributed by atoms with Crippen molar-refractivity contribution in [3.63, 3.8) is 0 Å². The van der Waals surface area contributed by atoms with Crippen LogP contribution in [0.4, 0.5) is 5.82 Å². The van der Waals surface area contributed by atoms with Gasteiger partial charge >= 0.3 is 0 Å². The van der Waals surface area contributed by atoms with Gasteiger partial charge in [0.05, 0.1) is 0 Å². The molecule has 0 aromatic carbocycles. The van der Waals surface area contributed by atoms with Crippen molar-refractivity contribution < 1.29 is 5.11 Å². The summed E-state index contributed by atoms with van der Waals surface area (Å²) in [6.07, 6.45) is 3.41. The first-order chi connectivity index (χ1) is 7.69. The van der Waals surface area contributed by atoms with E-state index in [1.807, 2.05) is 19.9 Å². The summed E-state index contributed by atoms with van der Waals surface area (Å²) in [7, 11) is 0. The molecule has 2 atom stereocenters. The fraction of sp³-hybridized carbons (Fsp3) is 0.667. The van der Waals surface area contributed by atoms with Crippen molar-refractivity contribution in [2.45, 2.75) is 39.2 Å². The quantitative estimate of drug-likeness (QED) is 0.815. The third kappa shape index (κ3) is 2.50. The zero-order valence-electron chi connectivity index (χ0n) is 9.90. The monoisotopic (exact) mass is 221 g/mol. The van der Waals surface area contributed by atoms with Gasteiger partial charge in [0.25, 0.3) is 0 Å². The Bertz CT molecular complexity index is 347. The summed E-state index contributed by atoms with van der Waals surface area (Å²) >= 11 is 0. The lowest BCUT2D eigenvalue weighted by molar-refractivity contribution is 0.222. The van der Waals surface area contributed by atoms with Crippen LogP contribution < -0.4 is 5.32 Å². The van der Waals surface area contributed by atoms with Gasteiger partial charge < -0.3 is 10.4 Å². The predicted octanol–water partition coefficient (Wildman–Crippen LogP) is 1.67. The Kier molecular flexibility index (Phi) is 3.39. The average Bonchev–Trinajstić information content (AvgIpc) is 2.63. The van der Waals surface area contributed by atoms with E-state index < -0.39 is 0 Å². The van der Waals surface area contributed by atoms with Crippen molar-refractivity contribution in [2.24, 2.45) is 5.92 Å². The van der Waals surface area contributed by atoms with Gasteiger partial charge in [-0.2, -0.15) is 0 Å². The zero-order valence-corrected chi connectivity index (χ0v) is 9.90. The van der Waals surface area contributed by atoms with Gasteiger partial charge in [-0.15, -0.1) is 0 Å². The molecule has 0 amide bonds. The maximum Gasteiger partial charge on any atom is 0.130 e. The zero-order chi connectivity index (χ0) is 11.5. The lowest BCUT2D eigenvalue weighted by atomic mass is 10.1. The van der Waals surface area contributed by atoms with Crippen molar-refractivity contribution in [2.75, 3.05) is 11.9 Å². The molecule has 0 spiro atoms. The largest absolute Gasteiger partial charge is 0.396 e. The van der Waals surface area contributed by atoms with Gasteiger partial charge in [0, 0.05) is 30.3 Å². The normalized spacial score (nSPS) is 24.7. The van der Waals surface area contributed by atoms with E-state index in [1.54, 1.807) is 0 Å². The molecule has 2 rings (SSSR count). The molecule has 4 heteroatoms. The summed E-state index contributed by atoms with van der Waals surface area (Å²) in [5.41, 5.74) is 0.980. The molecular weight excluding hydrogens is 202 g/mol. The minimum atomic E-state index is 0.265.